The molecule has 0 N–H and O–H groups in total. The molecule has 0 saturated carbocycles. The highest BCUT2D eigenvalue weighted by molar-refractivity contribution is 7.92. The Hall–Kier alpha value is -1.39. The van der Waals surface area contributed by atoms with Gasteiger partial charge in [-0.05, 0) is 18.2 Å². The Bertz CT molecular complexity index is 617. The second kappa shape index (κ2) is 6.68. The lowest BCUT2D eigenvalue weighted by molar-refractivity contribution is 0.411. The zero-order valence-corrected chi connectivity index (χ0v) is 12.4. The summed E-state index contributed by atoms with van der Waals surface area (Å²) in [4.78, 5) is 0. The van der Waals surface area contributed by atoms with Crippen molar-refractivity contribution in [3.05, 3.63) is 29.3 Å². The minimum absolute atomic E-state index is 0.0821. The van der Waals surface area contributed by atoms with E-state index in [-0.39, 0.29) is 17.3 Å². The average Bonchev–Trinajstić information content (AvgIpc) is 2.35. The monoisotopic (exact) mass is 301 g/mol. The van der Waals surface area contributed by atoms with Gasteiger partial charge in [0.25, 0.3) is 0 Å². The van der Waals surface area contributed by atoms with Gasteiger partial charge in [-0.3, -0.25) is 4.21 Å². The predicted octanol–water partition coefficient (Wildman–Crippen LogP) is 0.860. The molecule has 0 amide bonds. The first-order valence-corrected chi connectivity index (χ1v) is 9.00. The van der Waals surface area contributed by atoms with Crippen LogP contribution in [0, 0.1) is 11.3 Å². The summed E-state index contributed by atoms with van der Waals surface area (Å²) < 4.78 is 39.0. The van der Waals surface area contributed by atoms with E-state index in [2.05, 4.69) is 0 Å². The molecule has 104 valence electrons. The Morgan fingerprint density at radius 3 is 2.63 bits per heavy atom. The maximum Gasteiger partial charge on any atom is 0.148 e. The molecule has 7 heteroatoms. The first kappa shape index (κ1) is 15.7. The van der Waals surface area contributed by atoms with Crippen LogP contribution in [0.1, 0.15) is 11.1 Å². The van der Waals surface area contributed by atoms with E-state index in [4.69, 9.17) is 10.00 Å². The number of methoxy groups -OCH3 is 1. The molecule has 0 spiro atoms. The molecule has 0 saturated heterocycles. The summed E-state index contributed by atoms with van der Waals surface area (Å²) in [5.74, 6) is 0.694. The fraction of sp³-hybridized carbons (Fsp3) is 0.417. The predicted molar refractivity (Wildman–Crippen MR) is 74.1 cm³/mol. The Labute approximate surface area is 115 Å². The maximum atomic E-state index is 11.8. The zero-order valence-electron chi connectivity index (χ0n) is 10.8. The molecule has 19 heavy (non-hydrogen) atoms. The Kier molecular flexibility index (Phi) is 5.51. The van der Waals surface area contributed by atoms with E-state index >= 15 is 0 Å². The average molecular weight is 301 g/mol. The van der Waals surface area contributed by atoms with Gasteiger partial charge in [0.1, 0.15) is 15.6 Å². The van der Waals surface area contributed by atoms with Gasteiger partial charge in [0, 0.05) is 28.4 Å². The maximum absolute atomic E-state index is 11.8. The largest absolute Gasteiger partial charge is 0.496 e. The highest BCUT2D eigenvalue weighted by atomic mass is 32.2. The van der Waals surface area contributed by atoms with Crippen molar-refractivity contribution >= 4 is 20.6 Å². The van der Waals surface area contributed by atoms with E-state index in [0.29, 0.717) is 16.9 Å². The number of rotatable bonds is 6. The Morgan fingerprint density at radius 1 is 1.42 bits per heavy atom. The number of ether oxygens (including phenoxy) is 1. The molecule has 0 bridgehead atoms. The highest BCUT2D eigenvalue weighted by Crippen LogP contribution is 2.21. The van der Waals surface area contributed by atoms with Crippen LogP contribution in [-0.4, -0.2) is 37.5 Å². The summed E-state index contributed by atoms with van der Waals surface area (Å²) in [5, 5.41) is 8.82. The van der Waals surface area contributed by atoms with Crippen molar-refractivity contribution in [3.63, 3.8) is 0 Å². The molecule has 0 aromatic heterocycles. The summed E-state index contributed by atoms with van der Waals surface area (Å²) in [6, 6.07) is 6.86. The molecule has 1 rings (SSSR count). The molecule has 1 unspecified atom stereocenters. The number of sulfone groups is 1. The molecular formula is C12H15NO4S2. The Morgan fingerprint density at radius 2 is 2.11 bits per heavy atom. The van der Waals surface area contributed by atoms with Gasteiger partial charge in [0.15, 0.2) is 0 Å². The summed E-state index contributed by atoms with van der Waals surface area (Å²) in [6.45, 7) is 0. The fourth-order valence-corrected chi connectivity index (χ4v) is 4.12. The lowest BCUT2D eigenvalue weighted by Gasteiger charge is -2.08. The smallest absolute Gasteiger partial charge is 0.148 e. The first-order chi connectivity index (χ1) is 8.85. The van der Waals surface area contributed by atoms with Gasteiger partial charge in [-0.1, -0.05) is 0 Å². The van der Waals surface area contributed by atoms with Crippen molar-refractivity contribution in [1.29, 1.82) is 5.26 Å². The molecule has 0 radical (unpaired) electrons. The van der Waals surface area contributed by atoms with Crippen LogP contribution in [0.4, 0.5) is 0 Å². The molecule has 0 aliphatic carbocycles. The number of hydrogen-bond donors (Lipinski definition) is 0. The van der Waals surface area contributed by atoms with Crippen LogP contribution in [0.15, 0.2) is 18.2 Å². The normalized spacial score (nSPS) is 12.7. The quantitative estimate of drug-likeness (QED) is 0.778. The van der Waals surface area contributed by atoms with Crippen molar-refractivity contribution in [2.45, 2.75) is 5.75 Å². The number of nitrogens with zero attached hydrogens (tertiary/aromatic N) is 1. The van der Waals surface area contributed by atoms with Gasteiger partial charge in [-0.25, -0.2) is 8.42 Å². The van der Waals surface area contributed by atoms with Crippen molar-refractivity contribution in [2.75, 3.05) is 24.9 Å². The van der Waals surface area contributed by atoms with Crippen LogP contribution in [0.5, 0.6) is 5.75 Å². The van der Waals surface area contributed by atoms with E-state index in [1.807, 2.05) is 6.07 Å². The summed E-state index contributed by atoms with van der Waals surface area (Å²) in [5.41, 5.74) is 1.10. The van der Waals surface area contributed by atoms with Crippen LogP contribution >= 0.6 is 0 Å². The van der Waals surface area contributed by atoms with E-state index in [0.717, 1.165) is 6.26 Å². The van der Waals surface area contributed by atoms with Crippen LogP contribution in [0.25, 0.3) is 0 Å². The van der Waals surface area contributed by atoms with Crippen LogP contribution in [0.2, 0.25) is 0 Å². The van der Waals surface area contributed by atoms with E-state index in [9.17, 15) is 12.6 Å². The van der Waals surface area contributed by atoms with Crippen LogP contribution in [0.3, 0.4) is 0 Å². The van der Waals surface area contributed by atoms with Gasteiger partial charge in [-0.2, -0.15) is 5.26 Å². The zero-order chi connectivity index (χ0) is 14.5. The van der Waals surface area contributed by atoms with Gasteiger partial charge in [-0.15, -0.1) is 0 Å². The molecule has 0 fully saturated rings. The summed E-state index contributed by atoms with van der Waals surface area (Å²) in [7, 11) is -2.93. The van der Waals surface area contributed by atoms with Crippen molar-refractivity contribution in [3.8, 4) is 11.8 Å². The van der Waals surface area contributed by atoms with Crippen molar-refractivity contribution < 1.29 is 17.4 Å². The molecule has 0 aliphatic heterocycles. The van der Waals surface area contributed by atoms with Crippen molar-refractivity contribution in [2.24, 2.45) is 0 Å². The lowest BCUT2D eigenvalue weighted by Crippen LogP contribution is -2.13. The van der Waals surface area contributed by atoms with Gasteiger partial charge in [0.2, 0.25) is 0 Å². The Balaban J connectivity index is 2.81. The van der Waals surface area contributed by atoms with Crippen molar-refractivity contribution in [1.82, 2.24) is 0 Å². The van der Waals surface area contributed by atoms with Crippen LogP contribution < -0.4 is 4.74 Å². The molecule has 0 aliphatic rings. The van der Waals surface area contributed by atoms with Crippen LogP contribution in [-0.2, 0) is 26.4 Å². The van der Waals surface area contributed by atoms with E-state index in [1.54, 1.807) is 18.2 Å². The number of benzene rings is 1. The molecule has 1 aromatic rings. The highest BCUT2D eigenvalue weighted by Gasteiger charge is 2.11. The second-order valence-corrected chi connectivity index (χ2v) is 7.89. The van der Waals surface area contributed by atoms with Gasteiger partial charge < -0.3 is 4.74 Å². The topological polar surface area (TPSA) is 84.2 Å². The molecule has 1 atom stereocenters. The number of hydrogen-bond acceptors (Lipinski definition) is 5. The lowest BCUT2D eigenvalue weighted by atomic mass is 10.1. The molecule has 1 aromatic carbocycles. The van der Waals surface area contributed by atoms with E-state index in [1.165, 1.54) is 7.11 Å². The third-order valence-corrected chi connectivity index (χ3v) is 4.90. The SMILES string of the molecule is COc1ccc(C#N)cc1CS(=O)CCS(C)(=O)=O. The minimum atomic E-state index is -3.12. The van der Waals surface area contributed by atoms with Gasteiger partial charge in [0.05, 0.1) is 30.2 Å². The van der Waals surface area contributed by atoms with E-state index < -0.39 is 20.6 Å². The standard InChI is InChI=1S/C12H15NO4S2/c1-17-12-4-3-10(8-13)7-11(12)9-18(14)5-6-19(2,15)16/h3-4,7H,5-6,9H2,1-2H3. The summed E-state index contributed by atoms with van der Waals surface area (Å²) in [6.07, 6.45) is 1.11. The molecule has 0 heterocycles. The first-order valence-electron chi connectivity index (χ1n) is 5.45. The second-order valence-electron chi connectivity index (χ2n) is 4.06. The van der Waals surface area contributed by atoms with Gasteiger partial charge >= 0.3 is 0 Å². The minimum Gasteiger partial charge on any atom is -0.496 e. The fourth-order valence-electron chi connectivity index (χ4n) is 1.45. The number of nitriles is 1. The summed E-state index contributed by atoms with van der Waals surface area (Å²) >= 11 is 0. The third-order valence-electron chi connectivity index (χ3n) is 2.41. The molecule has 5 nitrogen and oxygen atoms in total. The third kappa shape index (κ3) is 5.41. The molecular weight excluding hydrogens is 286 g/mol.